The maximum Gasteiger partial charge on any atom is 0.123 e. The predicted octanol–water partition coefficient (Wildman–Crippen LogP) is 4.38. The van der Waals surface area contributed by atoms with Crippen molar-refractivity contribution in [3.8, 4) is 16.6 Å². The number of aromatic nitrogens is 1. The summed E-state index contributed by atoms with van der Waals surface area (Å²) in [5.41, 5.74) is 3.26. The Labute approximate surface area is 112 Å². The van der Waals surface area contributed by atoms with Crippen LogP contribution in [0.5, 0.6) is 0 Å². The number of rotatable bonds is 3. The first kappa shape index (κ1) is 12.8. The first-order chi connectivity index (χ1) is 8.61. The fourth-order valence-corrected chi connectivity index (χ4v) is 2.68. The molecule has 3 heteroatoms. The molecule has 0 radical (unpaired) electrons. The molecule has 0 aliphatic carbocycles. The van der Waals surface area contributed by atoms with Crippen molar-refractivity contribution in [2.24, 2.45) is 5.92 Å². The standard InChI is InChI=1S/C15H16N2S/c1-10(2)13(8-16)14-9-18-15(17-14)12-6-4-11(3)5-7-12/h4-7,9-10,13H,1-3H3. The minimum atomic E-state index is -0.111. The van der Waals surface area contributed by atoms with Crippen molar-refractivity contribution in [3.63, 3.8) is 0 Å². The highest BCUT2D eigenvalue weighted by Crippen LogP contribution is 2.30. The monoisotopic (exact) mass is 256 g/mol. The van der Waals surface area contributed by atoms with Gasteiger partial charge < -0.3 is 0 Å². The second kappa shape index (κ2) is 5.32. The summed E-state index contributed by atoms with van der Waals surface area (Å²) in [5, 5.41) is 12.2. The van der Waals surface area contributed by atoms with Gasteiger partial charge in [-0.15, -0.1) is 11.3 Å². The van der Waals surface area contributed by atoms with Crippen molar-refractivity contribution in [2.45, 2.75) is 26.7 Å². The number of hydrogen-bond acceptors (Lipinski definition) is 3. The molecule has 1 atom stereocenters. The normalized spacial score (nSPS) is 12.4. The third kappa shape index (κ3) is 2.60. The smallest absolute Gasteiger partial charge is 0.123 e. The van der Waals surface area contributed by atoms with E-state index in [0.29, 0.717) is 5.92 Å². The number of nitrogens with zero attached hydrogens (tertiary/aromatic N) is 2. The molecule has 1 aromatic carbocycles. The highest BCUT2D eigenvalue weighted by Gasteiger charge is 2.18. The van der Waals surface area contributed by atoms with Crippen molar-refractivity contribution >= 4 is 11.3 Å². The molecular weight excluding hydrogens is 240 g/mol. The molecular formula is C15H16N2S. The Hall–Kier alpha value is -1.66. The van der Waals surface area contributed by atoms with E-state index in [1.54, 1.807) is 11.3 Å². The Morgan fingerprint density at radius 3 is 2.44 bits per heavy atom. The van der Waals surface area contributed by atoms with Crippen LogP contribution in [-0.4, -0.2) is 4.98 Å². The Morgan fingerprint density at radius 2 is 1.89 bits per heavy atom. The largest absolute Gasteiger partial charge is 0.240 e. The van der Waals surface area contributed by atoms with E-state index < -0.39 is 0 Å². The van der Waals surface area contributed by atoms with Crippen molar-refractivity contribution in [2.75, 3.05) is 0 Å². The highest BCUT2D eigenvalue weighted by atomic mass is 32.1. The molecule has 0 spiro atoms. The van der Waals surface area contributed by atoms with Gasteiger partial charge in [0.15, 0.2) is 0 Å². The van der Waals surface area contributed by atoms with Crippen LogP contribution in [0, 0.1) is 24.2 Å². The van der Waals surface area contributed by atoms with E-state index in [-0.39, 0.29) is 5.92 Å². The molecule has 1 heterocycles. The first-order valence-corrected chi connectivity index (χ1v) is 6.92. The van der Waals surface area contributed by atoms with Crippen LogP contribution in [0.2, 0.25) is 0 Å². The number of aryl methyl sites for hydroxylation is 1. The zero-order valence-electron chi connectivity index (χ0n) is 10.8. The van der Waals surface area contributed by atoms with Crippen LogP contribution in [0.15, 0.2) is 29.6 Å². The summed E-state index contributed by atoms with van der Waals surface area (Å²) in [6.45, 7) is 6.18. The minimum Gasteiger partial charge on any atom is -0.240 e. The van der Waals surface area contributed by atoms with Crippen LogP contribution in [-0.2, 0) is 0 Å². The molecule has 0 saturated carbocycles. The SMILES string of the molecule is Cc1ccc(-c2nc(C(C#N)C(C)C)cs2)cc1. The molecule has 2 nitrogen and oxygen atoms in total. The van der Waals surface area contributed by atoms with Gasteiger partial charge in [0.25, 0.3) is 0 Å². The number of hydrogen-bond donors (Lipinski definition) is 0. The zero-order chi connectivity index (χ0) is 13.1. The topological polar surface area (TPSA) is 36.7 Å². The molecule has 0 saturated heterocycles. The van der Waals surface area contributed by atoms with E-state index in [2.05, 4.69) is 56.1 Å². The Balaban J connectivity index is 2.31. The van der Waals surface area contributed by atoms with E-state index in [9.17, 15) is 5.26 Å². The molecule has 1 unspecified atom stereocenters. The lowest BCUT2D eigenvalue weighted by Gasteiger charge is -2.09. The summed E-state index contributed by atoms with van der Waals surface area (Å²) < 4.78 is 0. The maximum absolute atomic E-state index is 9.18. The van der Waals surface area contributed by atoms with E-state index in [1.807, 2.05) is 5.38 Å². The van der Waals surface area contributed by atoms with E-state index >= 15 is 0 Å². The van der Waals surface area contributed by atoms with Crippen LogP contribution in [0.25, 0.3) is 10.6 Å². The predicted molar refractivity (Wildman–Crippen MR) is 75.5 cm³/mol. The van der Waals surface area contributed by atoms with Crippen LogP contribution >= 0.6 is 11.3 Å². The van der Waals surface area contributed by atoms with Gasteiger partial charge in [-0.25, -0.2) is 4.98 Å². The Bertz CT molecular complexity index is 561. The lowest BCUT2D eigenvalue weighted by atomic mass is 9.95. The van der Waals surface area contributed by atoms with E-state index in [4.69, 9.17) is 0 Å². The van der Waals surface area contributed by atoms with Gasteiger partial charge >= 0.3 is 0 Å². The molecule has 2 rings (SSSR count). The van der Waals surface area contributed by atoms with Gasteiger partial charge in [0.1, 0.15) is 5.01 Å². The van der Waals surface area contributed by atoms with Crippen molar-refractivity contribution in [1.82, 2.24) is 4.98 Å². The second-order valence-corrected chi connectivity index (χ2v) is 5.65. The van der Waals surface area contributed by atoms with Crippen molar-refractivity contribution in [1.29, 1.82) is 5.26 Å². The van der Waals surface area contributed by atoms with E-state index in [0.717, 1.165) is 16.3 Å². The van der Waals surface area contributed by atoms with Crippen LogP contribution in [0.1, 0.15) is 31.0 Å². The van der Waals surface area contributed by atoms with Crippen LogP contribution < -0.4 is 0 Å². The molecule has 18 heavy (non-hydrogen) atoms. The molecule has 0 bridgehead atoms. The molecule has 0 N–H and O–H groups in total. The lowest BCUT2D eigenvalue weighted by molar-refractivity contribution is 0.578. The number of nitriles is 1. The molecule has 2 aromatic rings. The van der Waals surface area contributed by atoms with Crippen LogP contribution in [0.4, 0.5) is 0 Å². The molecule has 0 aliphatic heterocycles. The van der Waals surface area contributed by atoms with Gasteiger partial charge in [0.2, 0.25) is 0 Å². The third-order valence-electron chi connectivity index (χ3n) is 2.94. The average Bonchev–Trinajstić information content (AvgIpc) is 2.80. The average molecular weight is 256 g/mol. The van der Waals surface area contributed by atoms with E-state index in [1.165, 1.54) is 5.56 Å². The Morgan fingerprint density at radius 1 is 1.22 bits per heavy atom. The number of benzene rings is 1. The molecule has 0 fully saturated rings. The fourth-order valence-electron chi connectivity index (χ4n) is 1.81. The molecule has 92 valence electrons. The lowest BCUT2D eigenvalue weighted by Crippen LogP contribution is -2.04. The molecule has 0 aliphatic rings. The van der Waals surface area contributed by atoms with Gasteiger partial charge in [0, 0.05) is 10.9 Å². The fraction of sp³-hybridized carbons (Fsp3) is 0.333. The van der Waals surface area contributed by atoms with Gasteiger partial charge in [-0.3, -0.25) is 0 Å². The molecule has 1 aromatic heterocycles. The summed E-state index contributed by atoms with van der Waals surface area (Å²) in [6, 6.07) is 10.7. The summed E-state index contributed by atoms with van der Waals surface area (Å²) in [6.07, 6.45) is 0. The second-order valence-electron chi connectivity index (χ2n) is 4.79. The van der Waals surface area contributed by atoms with Gasteiger partial charge in [-0.1, -0.05) is 43.7 Å². The van der Waals surface area contributed by atoms with Crippen molar-refractivity contribution < 1.29 is 0 Å². The van der Waals surface area contributed by atoms with Crippen LogP contribution in [0.3, 0.4) is 0 Å². The zero-order valence-corrected chi connectivity index (χ0v) is 11.7. The summed E-state index contributed by atoms with van der Waals surface area (Å²) >= 11 is 1.61. The third-order valence-corrected chi connectivity index (χ3v) is 3.85. The highest BCUT2D eigenvalue weighted by molar-refractivity contribution is 7.13. The number of thiazole rings is 1. The minimum absolute atomic E-state index is 0.111. The first-order valence-electron chi connectivity index (χ1n) is 6.04. The molecule has 0 amide bonds. The van der Waals surface area contributed by atoms with Gasteiger partial charge in [-0.05, 0) is 12.8 Å². The van der Waals surface area contributed by atoms with Crippen molar-refractivity contribution in [3.05, 3.63) is 40.9 Å². The Kier molecular flexibility index (Phi) is 3.78. The summed E-state index contributed by atoms with van der Waals surface area (Å²) in [7, 11) is 0. The summed E-state index contributed by atoms with van der Waals surface area (Å²) in [4.78, 5) is 4.60. The summed E-state index contributed by atoms with van der Waals surface area (Å²) in [5.74, 6) is 0.184. The van der Waals surface area contributed by atoms with Gasteiger partial charge in [-0.2, -0.15) is 5.26 Å². The maximum atomic E-state index is 9.18. The van der Waals surface area contributed by atoms with Gasteiger partial charge in [0.05, 0.1) is 17.7 Å². The quantitative estimate of drug-likeness (QED) is 0.817.